The first-order valence-corrected chi connectivity index (χ1v) is 23.5. The monoisotopic (exact) mass is 680 g/mol. The zero-order valence-electron chi connectivity index (χ0n) is 33.5. The van der Waals surface area contributed by atoms with Gasteiger partial charge in [-0.2, -0.15) is 4.67 Å². The lowest BCUT2D eigenvalue weighted by molar-refractivity contribution is -0.975. The van der Waals surface area contributed by atoms with Gasteiger partial charge in [-0.1, -0.05) is 148 Å². The first-order valence-electron chi connectivity index (χ1n) is 20.4. The predicted molar refractivity (Wildman–Crippen MR) is 216 cm³/mol. The summed E-state index contributed by atoms with van der Waals surface area (Å²) < 4.78 is 4.10. The van der Waals surface area contributed by atoms with E-state index in [0.717, 1.165) is 22.1 Å². The van der Waals surface area contributed by atoms with Gasteiger partial charge in [0, 0.05) is 11.5 Å². The number of rotatable bonds is 11. The molecule has 0 amide bonds. The fourth-order valence-electron chi connectivity index (χ4n) is 11.7. The fourth-order valence-corrected chi connectivity index (χ4v) is 17.6. The molecule has 0 N–H and O–H groups in total. The molecule has 2 aromatic carbocycles. The van der Waals surface area contributed by atoms with E-state index in [1.165, 1.54) is 93.7 Å². The third-order valence-electron chi connectivity index (χ3n) is 13.5. The number of hydrogen-bond acceptors (Lipinski definition) is 1. The van der Waals surface area contributed by atoms with Crippen LogP contribution in [0, 0.1) is 17.8 Å². The van der Waals surface area contributed by atoms with Crippen LogP contribution in [0.2, 0.25) is 18.6 Å². The van der Waals surface area contributed by atoms with Crippen molar-refractivity contribution in [1.82, 2.24) is 4.67 Å². The van der Waals surface area contributed by atoms with E-state index < -0.39 is 8.24 Å². The quantitative estimate of drug-likeness (QED) is 0.130. The third kappa shape index (κ3) is 6.75. The van der Waals surface area contributed by atoms with Crippen molar-refractivity contribution in [2.24, 2.45) is 17.8 Å². The van der Waals surface area contributed by atoms with Gasteiger partial charge in [0.1, 0.15) is 0 Å². The molecule has 2 saturated carbocycles. The van der Waals surface area contributed by atoms with Crippen molar-refractivity contribution in [2.75, 3.05) is 21.1 Å². The molecule has 2 fully saturated rings. The molecule has 0 spiro atoms. The van der Waals surface area contributed by atoms with Crippen LogP contribution in [0.4, 0.5) is 0 Å². The molecule has 0 saturated heterocycles. The zero-order valence-corrected chi connectivity index (χ0v) is 34.5. The van der Waals surface area contributed by atoms with E-state index in [1.54, 1.807) is 22.3 Å². The van der Waals surface area contributed by atoms with E-state index >= 15 is 0 Å². The molecular formula is C46H71N2Si+. The summed E-state index contributed by atoms with van der Waals surface area (Å²) in [5, 5.41) is 0. The van der Waals surface area contributed by atoms with Gasteiger partial charge in [-0.25, -0.2) is 0 Å². The Balaban J connectivity index is 1.45. The normalized spacial score (nSPS) is 25.6. The molecule has 6 rings (SSSR count). The molecule has 4 aliphatic rings. The Bertz CT molecular complexity index is 1520. The van der Waals surface area contributed by atoms with Gasteiger partial charge >= 0.3 is 0 Å². The first kappa shape index (κ1) is 36.8. The maximum atomic E-state index is 3.11. The van der Waals surface area contributed by atoms with Gasteiger partial charge in [0.25, 0.3) is 0 Å². The summed E-state index contributed by atoms with van der Waals surface area (Å²) in [6, 6.07) is 17.8. The van der Waals surface area contributed by atoms with E-state index in [2.05, 4.69) is 135 Å². The maximum Gasteiger partial charge on any atom is 0.191 e. The highest BCUT2D eigenvalue weighted by atomic mass is 28.3. The van der Waals surface area contributed by atoms with Gasteiger partial charge in [-0.05, 0) is 106 Å². The van der Waals surface area contributed by atoms with Crippen molar-refractivity contribution in [3.63, 3.8) is 0 Å². The van der Waals surface area contributed by atoms with Crippen molar-refractivity contribution < 1.29 is 4.59 Å². The topological polar surface area (TPSA) is 3.24 Å². The molecule has 49 heavy (non-hydrogen) atoms. The minimum Gasteiger partial charge on any atom is -0.258 e. The van der Waals surface area contributed by atoms with Crippen LogP contribution in [-0.2, 0) is 10.8 Å². The number of quaternary nitrogens is 1. The molecule has 0 radical (unpaired) electrons. The van der Waals surface area contributed by atoms with Gasteiger partial charge in [-0.3, -0.25) is 4.59 Å². The summed E-state index contributed by atoms with van der Waals surface area (Å²) in [5.74, 6) is 2.09. The summed E-state index contributed by atoms with van der Waals surface area (Å²) in [7, 11) is 5.56. The highest BCUT2D eigenvalue weighted by molar-refractivity contribution is 6.76. The molecule has 0 aliphatic heterocycles. The standard InChI is InChI=1S/C46H71N2Si/c1-12-14-27-46(28-15-13-2)42-31-35(34-21-24-37(25-22-34)45(4,5)6)23-26-39(42)41-30-36-29-33(3)44(40(36)32-43(41)46)49(10,11)47(48(7,8)9)38-19-17-16-18-20-38/h21-26,30-33,36,38,40,44H,12-20,27-29H2,1-11H3/q+1. The average Bonchev–Trinajstić information content (AvgIpc) is 3.51. The van der Waals surface area contributed by atoms with Gasteiger partial charge in [0.2, 0.25) is 0 Å². The van der Waals surface area contributed by atoms with Crippen molar-refractivity contribution >= 4 is 13.8 Å². The van der Waals surface area contributed by atoms with Crippen molar-refractivity contribution in [2.45, 2.75) is 154 Å². The number of benzene rings is 2. The first-order chi connectivity index (χ1) is 23.1. The highest BCUT2D eigenvalue weighted by Gasteiger charge is 2.58. The molecule has 268 valence electrons. The van der Waals surface area contributed by atoms with Crippen LogP contribution in [0.1, 0.15) is 135 Å². The summed E-state index contributed by atoms with van der Waals surface area (Å²) in [5.41, 5.74) is 11.8. The minimum atomic E-state index is -1.85. The predicted octanol–water partition coefficient (Wildman–Crippen LogP) is 12.7. The second-order valence-electron chi connectivity index (χ2n) is 19.2. The molecule has 0 aromatic heterocycles. The van der Waals surface area contributed by atoms with Crippen LogP contribution in [0.25, 0.3) is 16.7 Å². The van der Waals surface area contributed by atoms with Crippen LogP contribution < -0.4 is 0 Å². The van der Waals surface area contributed by atoms with Crippen LogP contribution in [0.3, 0.4) is 0 Å². The highest BCUT2D eigenvalue weighted by Crippen LogP contribution is 2.63. The van der Waals surface area contributed by atoms with Gasteiger partial charge < -0.3 is 0 Å². The van der Waals surface area contributed by atoms with E-state index in [0.29, 0.717) is 11.8 Å². The van der Waals surface area contributed by atoms with Gasteiger partial charge in [0.05, 0.1) is 21.1 Å². The lowest BCUT2D eigenvalue weighted by Gasteiger charge is -2.54. The van der Waals surface area contributed by atoms with E-state index in [9.17, 15) is 0 Å². The molecule has 4 aliphatic carbocycles. The molecule has 4 atom stereocenters. The number of hydrogen-bond donors (Lipinski definition) is 0. The van der Waals surface area contributed by atoms with Crippen LogP contribution >= 0.6 is 0 Å². The Kier molecular flexibility index (Phi) is 10.4. The molecule has 0 heterocycles. The smallest absolute Gasteiger partial charge is 0.191 e. The summed E-state index contributed by atoms with van der Waals surface area (Å²) in [4.78, 5) is 0. The second-order valence-corrected chi connectivity index (χ2v) is 23.7. The number of unbranched alkanes of at least 4 members (excludes halogenated alkanes) is 2. The molecule has 3 heteroatoms. The Morgan fingerprint density at radius 3 is 2.02 bits per heavy atom. The van der Waals surface area contributed by atoms with Crippen LogP contribution in [-0.4, -0.2) is 44.7 Å². The van der Waals surface area contributed by atoms with E-state index in [1.807, 2.05) is 0 Å². The molecule has 2 aromatic rings. The molecule has 0 bridgehead atoms. The van der Waals surface area contributed by atoms with Crippen LogP contribution in [0.5, 0.6) is 0 Å². The zero-order chi connectivity index (χ0) is 35.4. The van der Waals surface area contributed by atoms with Crippen LogP contribution in [0.15, 0.2) is 60.2 Å². The summed E-state index contributed by atoms with van der Waals surface area (Å²) in [6.45, 7) is 19.9. The Labute approximate surface area is 303 Å². The van der Waals surface area contributed by atoms with E-state index in [-0.39, 0.29) is 10.8 Å². The van der Waals surface area contributed by atoms with Gasteiger partial charge in [-0.15, -0.1) is 0 Å². The molecular weight excluding hydrogens is 609 g/mol. The second kappa shape index (κ2) is 13.9. The largest absolute Gasteiger partial charge is 0.258 e. The Morgan fingerprint density at radius 2 is 1.45 bits per heavy atom. The minimum absolute atomic E-state index is 0.130. The lowest BCUT2D eigenvalue weighted by atomic mass is 9.68. The number of allylic oxidation sites excluding steroid dienone is 4. The van der Waals surface area contributed by atoms with Crippen molar-refractivity contribution in [1.29, 1.82) is 0 Å². The molecule has 2 nitrogen and oxygen atoms in total. The summed E-state index contributed by atoms with van der Waals surface area (Å²) in [6.07, 6.45) is 21.8. The van der Waals surface area contributed by atoms with Gasteiger partial charge in [0.15, 0.2) is 8.24 Å². The van der Waals surface area contributed by atoms with E-state index in [4.69, 9.17) is 0 Å². The Hall–Kier alpha value is -1.94. The Morgan fingerprint density at radius 1 is 0.837 bits per heavy atom. The fraction of sp³-hybridized carbons (Fsp3) is 0.652. The summed E-state index contributed by atoms with van der Waals surface area (Å²) >= 11 is 0. The van der Waals surface area contributed by atoms with Crippen molar-refractivity contribution in [3.8, 4) is 11.1 Å². The lowest BCUT2D eigenvalue weighted by Crippen LogP contribution is -2.69. The third-order valence-corrected chi connectivity index (χ3v) is 18.2. The molecule has 4 unspecified atom stereocenters. The average molecular weight is 680 g/mol. The SMILES string of the molecule is CCCCC1(CCCC)C2=CC3C(C=C2c2ccc(-c4ccc(C(C)(C)C)cc4)cc21)CC(C)C3[Si](C)(C)N(C1CCCCC1)[N+](C)(C)C. The van der Waals surface area contributed by atoms with Crippen molar-refractivity contribution in [3.05, 3.63) is 76.9 Å². The maximum absolute atomic E-state index is 3.11. The number of nitrogens with zero attached hydrogens (tertiary/aromatic N) is 2. The number of fused-ring (bicyclic) bond motifs is 4.